The van der Waals surface area contributed by atoms with E-state index in [1.165, 1.54) is 56.3 Å². The molecular weight excluding hydrogens is 350 g/mol. The van der Waals surface area contributed by atoms with E-state index in [1.807, 2.05) is 18.2 Å². The van der Waals surface area contributed by atoms with Gasteiger partial charge in [-0.3, -0.25) is 0 Å². The van der Waals surface area contributed by atoms with Gasteiger partial charge in [0.1, 0.15) is 0 Å². The molecule has 1 aromatic rings. The summed E-state index contributed by atoms with van der Waals surface area (Å²) in [5.41, 5.74) is 1.25. The minimum absolute atomic E-state index is 0. The molecule has 1 aliphatic rings. The minimum Gasteiger partial charge on any atom is -0.392 e. The Morgan fingerprint density at radius 1 is 1.12 bits per heavy atom. The molecule has 2 nitrogen and oxygen atoms in total. The second kappa shape index (κ2) is 16.0. The number of hydrogen-bond acceptors (Lipinski definition) is 3. The van der Waals surface area contributed by atoms with Gasteiger partial charge < -0.3 is 10.4 Å². The van der Waals surface area contributed by atoms with Crippen LogP contribution in [0.4, 0.5) is 0 Å². The normalized spacial score (nSPS) is 18.2. The summed E-state index contributed by atoms with van der Waals surface area (Å²) < 4.78 is 0. The van der Waals surface area contributed by atoms with Crippen molar-refractivity contribution < 1.29 is 5.11 Å². The van der Waals surface area contributed by atoms with Crippen LogP contribution in [0, 0.1) is 0 Å². The molecule has 0 bridgehead atoms. The summed E-state index contributed by atoms with van der Waals surface area (Å²) in [5.74, 6) is 1.43. The second-order valence-corrected chi connectivity index (χ2v) is 8.28. The second-order valence-electron chi connectivity index (χ2n) is 6.87. The maximum atomic E-state index is 9.09. The quantitative estimate of drug-likeness (QED) is 0.483. The van der Waals surface area contributed by atoms with Gasteiger partial charge in [-0.1, -0.05) is 69.4 Å². The summed E-state index contributed by atoms with van der Waals surface area (Å²) in [7, 11) is 0. The van der Waals surface area contributed by atoms with Crippen molar-refractivity contribution in [3.63, 3.8) is 0 Å². The Labute approximate surface area is 166 Å². The van der Waals surface area contributed by atoms with Crippen LogP contribution in [0.2, 0.25) is 0 Å². The number of aliphatic hydroxyl groups is 1. The Hall–Kier alpha value is -0.220. The van der Waals surface area contributed by atoms with Crippen LogP contribution >= 0.6 is 24.2 Å². The van der Waals surface area contributed by atoms with E-state index in [-0.39, 0.29) is 18.5 Å². The number of halogens is 1. The molecule has 3 atom stereocenters. The van der Waals surface area contributed by atoms with Crippen molar-refractivity contribution in [3.8, 4) is 0 Å². The maximum Gasteiger partial charge on any atom is 0.0636 e. The van der Waals surface area contributed by atoms with Gasteiger partial charge in [-0.05, 0) is 38.0 Å². The summed E-state index contributed by atoms with van der Waals surface area (Å²) in [6.07, 6.45) is 9.95. The zero-order chi connectivity index (χ0) is 17.6. The van der Waals surface area contributed by atoms with Crippen molar-refractivity contribution in [2.24, 2.45) is 0 Å². The predicted octanol–water partition coefficient (Wildman–Crippen LogP) is 5.99. The van der Waals surface area contributed by atoms with Crippen LogP contribution in [0.3, 0.4) is 0 Å². The van der Waals surface area contributed by atoms with Crippen LogP contribution < -0.4 is 5.32 Å². The zero-order valence-corrected chi connectivity index (χ0v) is 17.9. The Morgan fingerprint density at radius 2 is 1.76 bits per heavy atom. The van der Waals surface area contributed by atoms with E-state index in [2.05, 4.69) is 43.1 Å². The van der Waals surface area contributed by atoms with Crippen LogP contribution in [0.15, 0.2) is 30.3 Å². The molecule has 0 saturated carbocycles. The van der Waals surface area contributed by atoms with E-state index < -0.39 is 0 Å². The molecular formula is C21H38ClNOS. The highest BCUT2D eigenvalue weighted by Crippen LogP contribution is 2.31. The third kappa shape index (κ3) is 12.7. The lowest BCUT2D eigenvalue weighted by Gasteiger charge is -2.24. The lowest BCUT2D eigenvalue weighted by Crippen LogP contribution is -2.27. The Morgan fingerprint density at radius 3 is 2.28 bits per heavy atom. The fraction of sp³-hybridized carbons (Fsp3) is 0.714. The predicted molar refractivity (Wildman–Crippen MR) is 116 cm³/mol. The van der Waals surface area contributed by atoms with Crippen LogP contribution in [0.25, 0.3) is 0 Å². The standard InChI is InChI=1S/C11H17NO.C10H20S.ClH/c1-9(13)8-12-10(2)11-6-4-3-5-7-11;1-2-3-4-5-6-7-10-8-9-11-10;/h3-7,9-10,12-13H,8H2,1-2H3;10H,2-9H2,1H3;1H. The van der Waals surface area contributed by atoms with Gasteiger partial charge in [0.25, 0.3) is 0 Å². The molecule has 25 heavy (non-hydrogen) atoms. The van der Waals surface area contributed by atoms with Crippen molar-refractivity contribution in [1.82, 2.24) is 5.32 Å². The van der Waals surface area contributed by atoms with Crippen LogP contribution in [0.1, 0.15) is 77.3 Å². The SMILES string of the molecule is CC(O)CNC(C)c1ccccc1.CCCCCCCC1CCS1.Cl. The van der Waals surface area contributed by atoms with E-state index in [1.54, 1.807) is 6.92 Å². The third-order valence-corrected chi connectivity index (χ3v) is 5.86. The summed E-state index contributed by atoms with van der Waals surface area (Å²) >= 11 is 2.17. The molecule has 3 unspecified atom stereocenters. The third-order valence-electron chi connectivity index (χ3n) is 4.44. The molecule has 0 spiro atoms. The molecule has 0 aromatic heterocycles. The molecule has 0 radical (unpaired) electrons. The molecule has 1 heterocycles. The number of hydrogen-bond donors (Lipinski definition) is 2. The van der Waals surface area contributed by atoms with Gasteiger partial charge in [-0.25, -0.2) is 0 Å². The van der Waals surface area contributed by atoms with Gasteiger partial charge in [-0.2, -0.15) is 11.8 Å². The summed E-state index contributed by atoms with van der Waals surface area (Å²) in [6, 6.07) is 10.5. The topological polar surface area (TPSA) is 32.3 Å². The van der Waals surface area contributed by atoms with E-state index in [0.29, 0.717) is 12.6 Å². The molecule has 0 aliphatic carbocycles. The molecule has 1 fully saturated rings. The molecule has 2 rings (SSSR count). The first-order valence-corrected chi connectivity index (χ1v) is 10.8. The van der Waals surface area contributed by atoms with E-state index >= 15 is 0 Å². The molecule has 1 aromatic carbocycles. The van der Waals surface area contributed by atoms with Gasteiger partial charge in [0, 0.05) is 17.8 Å². The lowest BCUT2D eigenvalue weighted by atomic mass is 10.1. The van der Waals surface area contributed by atoms with E-state index in [4.69, 9.17) is 5.11 Å². The first-order chi connectivity index (χ1) is 11.6. The van der Waals surface area contributed by atoms with Crippen molar-refractivity contribution in [3.05, 3.63) is 35.9 Å². The van der Waals surface area contributed by atoms with Crippen molar-refractivity contribution >= 4 is 24.2 Å². The number of aliphatic hydroxyl groups excluding tert-OH is 1. The Bertz CT molecular complexity index is 398. The number of benzene rings is 1. The van der Waals surface area contributed by atoms with Gasteiger partial charge in [0.15, 0.2) is 0 Å². The van der Waals surface area contributed by atoms with Gasteiger partial charge >= 0.3 is 0 Å². The fourth-order valence-corrected chi connectivity index (χ4v) is 3.60. The monoisotopic (exact) mass is 387 g/mol. The molecule has 0 amide bonds. The van der Waals surface area contributed by atoms with Crippen LogP contribution in [0.5, 0.6) is 0 Å². The number of nitrogens with one attached hydrogen (secondary N) is 1. The van der Waals surface area contributed by atoms with Gasteiger partial charge in [0.05, 0.1) is 6.10 Å². The zero-order valence-electron chi connectivity index (χ0n) is 16.2. The highest BCUT2D eigenvalue weighted by Gasteiger charge is 2.16. The number of rotatable bonds is 10. The van der Waals surface area contributed by atoms with Gasteiger partial charge in [0.2, 0.25) is 0 Å². The number of unbranched alkanes of at least 4 members (excludes halogenated alkanes) is 4. The molecule has 1 saturated heterocycles. The summed E-state index contributed by atoms with van der Waals surface area (Å²) in [6.45, 7) is 6.79. The average Bonchev–Trinajstić information content (AvgIpc) is 2.55. The fourth-order valence-electron chi connectivity index (χ4n) is 2.69. The van der Waals surface area contributed by atoms with Crippen LogP contribution in [-0.2, 0) is 0 Å². The first-order valence-electron chi connectivity index (χ1n) is 9.71. The van der Waals surface area contributed by atoms with E-state index in [0.717, 1.165) is 5.25 Å². The van der Waals surface area contributed by atoms with Crippen molar-refractivity contribution in [2.45, 2.75) is 83.1 Å². The highest BCUT2D eigenvalue weighted by atomic mass is 35.5. The van der Waals surface area contributed by atoms with Crippen molar-refractivity contribution in [2.75, 3.05) is 12.3 Å². The first kappa shape index (κ1) is 24.8. The summed E-state index contributed by atoms with van der Waals surface area (Å²) in [5, 5.41) is 13.4. The maximum absolute atomic E-state index is 9.09. The molecule has 1 aliphatic heterocycles. The Kier molecular flexibility index (Phi) is 15.8. The molecule has 2 N–H and O–H groups in total. The van der Waals surface area contributed by atoms with Crippen molar-refractivity contribution in [1.29, 1.82) is 0 Å². The lowest BCUT2D eigenvalue weighted by molar-refractivity contribution is 0.187. The van der Waals surface area contributed by atoms with E-state index in [9.17, 15) is 0 Å². The highest BCUT2D eigenvalue weighted by molar-refractivity contribution is 8.01. The number of thioether (sulfide) groups is 1. The molecule has 146 valence electrons. The molecule has 4 heteroatoms. The van der Waals surface area contributed by atoms with Gasteiger partial charge in [-0.15, -0.1) is 12.4 Å². The largest absolute Gasteiger partial charge is 0.392 e. The minimum atomic E-state index is -0.286. The van der Waals surface area contributed by atoms with Crippen LogP contribution in [-0.4, -0.2) is 28.8 Å². The smallest absolute Gasteiger partial charge is 0.0636 e. The average molecular weight is 388 g/mol. The Balaban J connectivity index is 0.000000449. The summed E-state index contributed by atoms with van der Waals surface area (Å²) in [4.78, 5) is 0.